The maximum atomic E-state index is 12.1. The summed E-state index contributed by atoms with van der Waals surface area (Å²) in [5.41, 5.74) is 9.44. The molecule has 116 valence electrons. The fourth-order valence-electron chi connectivity index (χ4n) is 3.29. The van der Waals surface area contributed by atoms with Crippen LogP contribution in [0.5, 0.6) is 0 Å². The Morgan fingerprint density at radius 2 is 2.05 bits per heavy atom. The van der Waals surface area contributed by atoms with Crippen molar-refractivity contribution in [3.8, 4) is 0 Å². The van der Waals surface area contributed by atoms with Gasteiger partial charge in [-0.2, -0.15) is 0 Å². The number of fused-ring (bicyclic) bond motifs is 1. The number of anilines is 1. The third-order valence-electron chi connectivity index (χ3n) is 4.43. The van der Waals surface area contributed by atoms with E-state index in [1.165, 1.54) is 30.4 Å². The van der Waals surface area contributed by atoms with Gasteiger partial charge in [0.25, 0.3) is 0 Å². The molecule has 3 nitrogen and oxygen atoms in total. The molecule has 1 aliphatic rings. The van der Waals surface area contributed by atoms with Crippen LogP contribution < -0.4 is 11.1 Å². The van der Waals surface area contributed by atoms with Gasteiger partial charge in [0.15, 0.2) is 0 Å². The minimum absolute atomic E-state index is 0.131. The first-order valence-corrected chi connectivity index (χ1v) is 8.34. The summed E-state index contributed by atoms with van der Waals surface area (Å²) >= 11 is 0. The number of amides is 1. The molecular formula is C18H28N2O. The first-order valence-electron chi connectivity index (χ1n) is 8.34. The number of carbonyl (C=O) groups excluding carboxylic acids is 1. The molecule has 3 N–H and O–H groups in total. The Morgan fingerprint density at radius 1 is 1.24 bits per heavy atom. The molecule has 1 unspecified atom stereocenters. The number of aryl methyl sites for hydroxylation is 2. The van der Waals surface area contributed by atoms with Gasteiger partial charge < -0.3 is 11.1 Å². The van der Waals surface area contributed by atoms with Crippen molar-refractivity contribution in [2.24, 2.45) is 11.7 Å². The maximum absolute atomic E-state index is 12.1. The Bertz CT molecular complexity index is 464. The molecule has 1 aromatic carbocycles. The Kier molecular flexibility index (Phi) is 6.24. The summed E-state index contributed by atoms with van der Waals surface area (Å²) in [5.74, 6) is 0.719. The van der Waals surface area contributed by atoms with Crippen molar-refractivity contribution in [1.82, 2.24) is 0 Å². The predicted octanol–water partition coefficient (Wildman–Crippen LogP) is 3.66. The van der Waals surface area contributed by atoms with Crippen LogP contribution in [0.1, 0.15) is 56.6 Å². The lowest BCUT2D eigenvalue weighted by Crippen LogP contribution is -2.15. The normalized spacial score (nSPS) is 14.8. The minimum Gasteiger partial charge on any atom is -0.330 e. The number of benzene rings is 1. The molecule has 0 spiro atoms. The van der Waals surface area contributed by atoms with E-state index in [-0.39, 0.29) is 5.91 Å². The van der Waals surface area contributed by atoms with Crippen LogP contribution in [-0.4, -0.2) is 12.5 Å². The van der Waals surface area contributed by atoms with Crippen molar-refractivity contribution >= 4 is 11.6 Å². The van der Waals surface area contributed by atoms with Crippen molar-refractivity contribution in [2.45, 2.75) is 58.3 Å². The second kappa shape index (κ2) is 8.18. The molecule has 0 saturated carbocycles. The zero-order valence-electron chi connectivity index (χ0n) is 13.2. The Labute approximate surface area is 128 Å². The predicted molar refractivity (Wildman–Crippen MR) is 88.4 cm³/mol. The van der Waals surface area contributed by atoms with E-state index in [9.17, 15) is 4.79 Å². The second-order valence-electron chi connectivity index (χ2n) is 6.16. The van der Waals surface area contributed by atoms with Gasteiger partial charge in [-0.3, -0.25) is 4.79 Å². The molecule has 3 heteroatoms. The van der Waals surface area contributed by atoms with Gasteiger partial charge in [-0.1, -0.05) is 25.8 Å². The van der Waals surface area contributed by atoms with Crippen molar-refractivity contribution < 1.29 is 4.79 Å². The molecule has 1 aromatic rings. The second-order valence-corrected chi connectivity index (χ2v) is 6.16. The van der Waals surface area contributed by atoms with E-state index in [0.717, 1.165) is 37.9 Å². The van der Waals surface area contributed by atoms with Crippen LogP contribution in [0.3, 0.4) is 0 Å². The standard InChI is InChI=1S/C18H28N2O/c1-2-4-14(11-12-19)7-10-18(21)20-17-9-8-15-5-3-6-16(15)13-17/h8-9,13-14H,2-7,10-12,19H2,1H3,(H,20,21). The third-order valence-corrected chi connectivity index (χ3v) is 4.43. The molecule has 0 heterocycles. The van der Waals surface area contributed by atoms with Crippen molar-refractivity contribution in [3.05, 3.63) is 29.3 Å². The zero-order valence-corrected chi connectivity index (χ0v) is 13.2. The van der Waals surface area contributed by atoms with Crippen LogP contribution in [0.4, 0.5) is 5.69 Å². The number of nitrogens with one attached hydrogen (secondary N) is 1. The fourth-order valence-corrected chi connectivity index (χ4v) is 3.29. The van der Waals surface area contributed by atoms with E-state index in [1.807, 2.05) is 6.07 Å². The molecule has 0 saturated heterocycles. The molecule has 0 bridgehead atoms. The highest BCUT2D eigenvalue weighted by atomic mass is 16.1. The quantitative estimate of drug-likeness (QED) is 0.767. The van der Waals surface area contributed by atoms with E-state index < -0.39 is 0 Å². The van der Waals surface area contributed by atoms with E-state index >= 15 is 0 Å². The molecule has 2 rings (SSSR count). The van der Waals surface area contributed by atoms with Gasteiger partial charge in [0.2, 0.25) is 5.91 Å². The zero-order chi connectivity index (χ0) is 15.1. The van der Waals surface area contributed by atoms with E-state index in [1.54, 1.807) is 0 Å². The molecule has 0 aliphatic heterocycles. The Morgan fingerprint density at radius 3 is 2.81 bits per heavy atom. The lowest BCUT2D eigenvalue weighted by atomic mass is 9.94. The Balaban J connectivity index is 1.81. The molecule has 0 radical (unpaired) electrons. The summed E-state index contributed by atoms with van der Waals surface area (Å²) in [6.07, 6.45) is 8.48. The van der Waals surface area contributed by atoms with Crippen molar-refractivity contribution in [1.29, 1.82) is 0 Å². The van der Waals surface area contributed by atoms with Crippen LogP contribution in [0.15, 0.2) is 18.2 Å². The lowest BCUT2D eigenvalue weighted by Gasteiger charge is -2.15. The van der Waals surface area contributed by atoms with Crippen LogP contribution in [-0.2, 0) is 17.6 Å². The van der Waals surface area contributed by atoms with Crippen LogP contribution in [0, 0.1) is 5.92 Å². The summed E-state index contributed by atoms with van der Waals surface area (Å²) in [5, 5.41) is 3.04. The van der Waals surface area contributed by atoms with Gasteiger partial charge in [0, 0.05) is 12.1 Å². The molecular weight excluding hydrogens is 260 g/mol. The van der Waals surface area contributed by atoms with Crippen LogP contribution in [0.25, 0.3) is 0 Å². The number of rotatable bonds is 8. The number of hydrogen-bond donors (Lipinski definition) is 2. The number of carbonyl (C=O) groups is 1. The van der Waals surface area contributed by atoms with Gasteiger partial charge in [-0.05, 0) is 67.8 Å². The van der Waals surface area contributed by atoms with Crippen LogP contribution >= 0.6 is 0 Å². The lowest BCUT2D eigenvalue weighted by molar-refractivity contribution is -0.116. The number of nitrogens with two attached hydrogens (primary N) is 1. The largest absolute Gasteiger partial charge is 0.330 e. The molecule has 21 heavy (non-hydrogen) atoms. The topological polar surface area (TPSA) is 55.1 Å². The molecule has 0 aromatic heterocycles. The maximum Gasteiger partial charge on any atom is 0.224 e. The number of hydrogen-bond acceptors (Lipinski definition) is 2. The minimum atomic E-state index is 0.131. The molecule has 1 atom stereocenters. The van der Waals surface area contributed by atoms with Gasteiger partial charge in [0.05, 0.1) is 0 Å². The smallest absolute Gasteiger partial charge is 0.224 e. The van der Waals surface area contributed by atoms with Gasteiger partial charge in [-0.15, -0.1) is 0 Å². The van der Waals surface area contributed by atoms with E-state index in [0.29, 0.717) is 12.3 Å². The molecule has 1 amide bonds. The monoisotopic (exact) mass is 288 g/mol. The highest BCUT2D eigenvalue weighted by Gasteiger charge is 2.13. The summed E-state index contributed by atoms with van der Waals surface area (Å²) in [6.45, 7) is 2.91. The van der Waals surface area contributed by atoms with Crippen molar-refractivity contribution in [3.63, 3.8) is 0 Å². The summed E-state index contributed by atoms with van der Waals surface area (Å²) < 4.78 is 0. The van der Waals surface area contributed by atoms with E-state index in [4.69, 9.17) is 5.73 Å². The molecule has 1 aliphatic carbocycles. The highest BCUT2D eigenvalue weighted by molar-refractivity contribution is 5.90. The molecule has 0 fully saturated rings. The fraction of sp³-hybridized carbons (Fsp3) is 0.611. The average molecular weight is 288 g/mol. The van der Waals surface area contributed by atoms with E-state index in [2.05, 4.69) is 24.4 Å². The average Bonchev–Trinajstić information content (AvgIpc) is 2.93. The van der Waals surface area contributed by atoms with Crippen molar-refractivity contribution in [2.75, 3.05) is 11.9 Å². The first kappa shape index (κ1) is 16.0. The highest BCUT2D eigenvalue weighted by Crippen LogP contribution is 2.25. The summed E-state index contributed by atoms with van der Waals surface area (Å²) in [4.78, 5) is 12.1. The van der Waals surface area contributed by atoms with Gasteiger partial charge in [-0.25, -0.2) is 0 Å². The summed E-state index contributed by atoms with van der Waals surface area (Å²) in [6, 6.07) is 6.33. The SMILES string of the molecule is CCCC(CCN)CCC(=O)Nc1ccc2c(c1)CCC2. The third kappa shape index (κ3) is 4.85. The van der Waals surface area contributed by atoms with Gasteiger partial charge >= 0.3 is 0 Å². The van der Waals surface area contributed by atoms with Crippen LogP contribution in [0.2, 0.25) is 0 Å². The first-order chi connectivity index (χ1) is 10.2. The van der Waals surface area contributed by atoms with Gasteiger partial charge in [0.1, 0.15) is 0 Å². The Hall–Kier alpha value is -1.35. The summed E-state index contributed by atoms with van der Waals surface area (Å²) in [7, 11) is 0.